The lowest BCUT2D eigenvalue weighted by atomic mass is 10.4. The van der Waals surface area contributed by atoms with Crippen LogP contribution in [0.3, 0.4) is 0 Å². The quantitative estimate of drug-likeness (QED) is 0.486. The van der Waals surface area contributed by atoms with E-state index in [1.54, 1.807) is 23.7 Å². The Bertz CT molecular complexity index is 295. The maximum Gasteiger partial charge on any atom is 0.201 e. The molecule has 2 heterocycles. The number of hydrazine groups is 2. The zero-order chi connectivity index (χ0) is 7.68. The average molecular weight is 147 g/mol. The van der Waals surface area contributed by atoms with Crippen molar-refractivity contribution in [3.8, 4) is 6.19 Å². The fourth-order valence-electron chi connectivity index (χ4n) is 0.889. The summed E-state index contributed by atoms with van der Waals surface area (Å²) in [5.41, 5.74) is 3.66. The lowest BCUT2D eigenvalue weighted by molar-refractivity contribution is 0.266. The molecule has 0 bridgehead atoms. The van der Waals surface area contributed by atoms with Crippen LogP contribution in [0.5, 0.6) is 0 Å². The van der Waals surface area contributed by atoms with Gasteiger partial charge in [0.05, 0.1) is 11.9 Å². The second-order valence-electron chi connectivity index (χ2n) is 2.07. The van der Waals surface area contributed by atoms with E-state index in [9.17, 15) is 0 Å². The Balaban J connectivity index is 2.27. The topological polar surface area (TPSA) is 54.7 Å². The summed E-state index contributed by atoms with van der Waals surface area (Å²) in [6, 6.07) is 0. The van der Waals surface area contributed by atoms with E-state index >= 15 is 0 Å². The van der Waals surface area contributed by atoms with Crippen LogP contribution in [0, 0.1) is 11.5 Å². The number of hydrogen-bond acceptors (Lipinski definition) is 5. The van der Waals surface area contributed by atoms with Crippen LogP contribution in [0.2, 0.25) is 0 Å². The Morgan fingerprint density at radius 1 is 1.64 bits per heavy atom. The third-order valence-corrected chi connectivity index (χ3v) is 1.38. The van der Waals surface area contributed by atoms with E-state index in [1.807, 2.05) is 12.3 Å². The van der Waals surface area contributed by atoms with Gasteiger partial charge in [0.15, 0.2) is 0 Å². The van der Waals surface area contributed by atoms with E-state index in [0.29, 0.717) is 0 Å². The number of rotatable bonds is 0. The van der Waals surface area contributed by atoms with Gasteiger partial charge >= 0.3 is 0 Å². The van der Waals surface area contributed by atoms with Crippen molar-refractivity contribution in [2.24, 2.45) is 4.99 Å². The van der Waals surface area contributed by atoms with Gasteiger partial charge in [-0.2, -0.15) is 10.3 Å². The van der Waals surface area contributed by atoms with Crippen LogP contribution >= 0.6 is 0 Å². The molecule has 0 fully saturated rings. The van der Waals surface area contributed by atoms with Crippen LogP contribution in [-0.2, 0) is 0 Å². The predicted octanol–water partition coefficient (Wildman–Crippen LogP) is -0.0983. The van der Waals surface area contributed by atoms with Gasteiger partial charge in [0.25, 0.3) is 0 Å². The summed E-state index contributed by atoms with van der Waals surface area (Å²) < 4.78 is 0. The van der Waals surface area contributed by atoms with Crippen molar-refractivity contribution >= 4 is 6.34 Å². The Morgan fingerprint density at radius 2 is 2.55 bits per heavy atom. The second-order valence-corrected chi connectivity index (χ2v) is 2.07. The minimum atomic E-state index is 0.904. The fourth-order valence-corrected chi connectivity index (χ4v) is 0.889. The SMILES string of the molecule is N#CN1C=C2C=CN=CN2N1. The Kier molecular flexibility index (Phi) is 1.14. The summed E-state index contributed by atoms with van der Waals surface area (Å²) in [6.45, 7) is 0. The van der Waals surface area contributed by atoms with Gasteiger partial charge in [-0.1, -0.05) is 0 Å². The molecule has 0 atom stereocenters. The van der Waals surface area contributed by atoms with Crippen molar-refractivity contribution in [2.75, 3.05) is 0 Å². The minimum absolute atomic E-state index is 0.904. The molecule has 1 N–H and O–H groups in total. The number of nitrogens with zero attached hydrogens (tertiary/aromatic N) is 4. The van der Waals surface area contributed by atoms with Crippen molar-refractivity contribution in [3.63, 3.8) is 0 Å². The van der Waals surface area contributed by atoms with Gasteiger partial charge in [0.1, 0.15) is 6.34 Å². The van der Waals surface area contributed by atoms with Crippen molar-refractivity contribution < 1.29 is 0 Å². The van der Waals surface area contributed by atoms with Gasteiger partial charge in [0, 0.05) is 6.20 Å². The highest BCUT2D eigenvalue weighted by atomic mass is 15.8. The summed E-state index contributed by atoms with van der Waals surface area (Å²) in [4.78, 5) is 3.87. The van der Waals surface area contributed by atoms with Crippen LogP contribution in [0.1, 0.15) is 0 Å². The molecule has 2 aliphatic heterocycles. The summed E-state index contributed by atoms with van der Waals surface area (Å²) in [7, 11) is 0. The minimum Gasteiger partial charge on any atom is -0.246 e. The lowest BCUT2D eigenvalue weighted by Gasteiger charge is -2.15. The van der Waals surface area contributed by atoms with Crippen LogP contribution < -0.4 is 5.53 Å². The molecule has 0 saturated carbocycles. The van der Waals surface area contributed by atoms with E-state index in [1.165, 1.54) is 5.01 Å². The number of allylic oxidation sites excluding steroid dienone is 1. The Morgan fingerprint density at radius 3 is 3.27 bits per heavy atom. The summed E-state index contributed by atoms with van der Waals surface area (Å²) in [5, 5.41) is 11.4. The van der Waals surface area contributed by atoms with Crippen LogP contribution in [0.15, 0.2) is 29.2 Å². The van der Waals surface area contributed by atoms with Crippen LogP contribution in [0.25, 0.3) is 0 Å². The molecule has 5 nitrogen and oxygen atoms in total. The van der Waals surface area contributed by atoms with Gasteiger partial charge in [-0.25, -0.2) is 10.0 Å². The molecule has 2 rings (SSSR count). The molecule has 0 amide bonds. The van der Waals surface area contributed by atoms with E-state index in [0.717, 1.165) is 5.70 Å². The third-order valence-electron chi connectivity index (χ3n) is 1.38. The largest absolute Gasteiger partial charge is 0.246 e. The first-order valence-electron chi connectivity index (χ1n) is 3.06. The summed E-state index contributed by atoms with van der Waals surface area (Å²) >= 11 is 0. The zero-order valence-corrected chi connectivity index (χ0v) is 5.60. The van der Waals surface area contributed by atoms with E-state index in [-0.39, 0.29) is 0 Å². The standard InChI is InChI=1S/C6H5N5/c7-4-10-3-6-1-2-8-5-11(6)9-10/h1-3,5,9H. The molecule has 0 spiro atoms. The summed E-state index contributed by atoms with van der Waals surface area (Å²) in [6.07, 6.45) is 8.69. The van der Waals surface area contributed by atoms with Gasteiger partial charge in [-0.05, 0) is 6.08 Å². The molecule has 5 heteroatoms. The molecule has 11 heavy (non-hydrogen) atoms. The van der Waals surface area contributed by atoms with Gasteiger partial charge in [-0.15, -0.1) is 5.53 Å². The lowest BCUT2D eigenvalue weighted by Crippen LogP contribution is -2.37. The van der Waals surface area contributed by atoms with Crippen molar-refractivity contribution in [2.45, 2.75) is 0 Å². The Hall–Kier alpha value is -1.80. The van der Waals surface area contributed by atoms with Gasteiger partial charge in [0.2, 0.25) is 6.19 Å². The highest BCUT2D eigenvalue weighted by Crippen LogP contribution is 2.12. The summed E-state index contributed by atoms with van der Waals surface area (Å²) in [5.74, 6) is 0. The molecular formula is C6H5N5. The number of aliphatic imine (C=N–C) groups is 1. The monoisotopic (exact) mass is 147 g/mol. The highest BCUT2D eigenvalue weighted by molar-refractivity contribution is 5.62. The number of nitrogens with one attached hydrogen (secondary N) is 1. The zero-order valence-electron chi connectivity index (χ0n) is 5.60. The Labute approximate surface area is 63.5 Å². The second kappa shape index (κ2) is 2.11. The third kappa shape index (κ3) is 0.855. The van der Waals surface area contributed by atoms with E-state index in [2.05, 4.69) is 10.5 Å². The molecule has 0 aromatic carbocycles. The number of hydrogen-bond donors (Lipinski definition) is 1. The first-order chi connectivity index (χ1) is 5.40. The molecule has 0 aromatic heterocycles. The molecule has 0 aromatic rings. The first-order valence-corrected chi connectivity index (χ1v) is 3.06. The maximum atomic E-state index is 8.49. The van der Waals surface area contributed by atoms with Gasteiger partial charge in [-0.3, -0.25) is 0 Å². The van der Waals surface area contributed by atoms with Gasteiger partial charge < -0.3 is 0 Å². The predicted molar refractivity (Wildman–Crippen MR) is 38.1 cm³/mol. The molecule has 0 unspecified atom stereocenters. The van der Waals surface area contributed by atoms with Crippen molar-refractivity contribution in [1.29, 1.82) is 5.26 Å². The highest BCUT2D eigenvalue weighted by Gasteiger charge is 2.17. The molecule has 2 aliphatic rings. The van der Waals surface area contributed by atoms with E-state index < -0.39 is 0 Å². The molecule has 0 saturated heterocycles. The molecule has 54 valence electrons. The number of fused-ring (bicyclic) bond motifs is 1. The van der Waals surface area contributed by atoms with Crippen molar-refractivity contribution in [1.82, 2.24) is 15.6 Å². The van der Waals surface area contributed by atoms with E-state index in [4.69, 9.17) is 5.26 Å². The molecular weight excluding hydrogens is 142 g/mol. The molecule has 0 aliphatic carbocycles. The normalized spacial score (nSPS) is 19.7. The molecule has 0 radical (unpaired) electrons. The van der Waals surface area contributed by atoms with Crippen molar-refractivity contribution in [3.05, 3.63) is 24.2 Å². The number of nitriles is 1. The fraction of sp³-hybridized carbons (Fsp3) is 0. The average Bonchev–Trinajstić information content (AvgIpc) is 2.46. The maximum absolute atomic E-state index is 8.49. The smallest absolute Gasteiger partial charge is 0.201 e. The van der Waals surface area contributed by atoms with Crippen LogP contribution in [0.4, 0.5) is 0 Å². The van der Waals surface area contributed by atoms with Crippen LogP contribution in [-0.4, -0.2) is 16.4 Å². The first kappa shape index (κ1) is 5.95.